The van der Waals surface area contributed by atoms with E-state index in [0.717, 1.165) is 37.8 Å². The molecule has 2 aliphatic heterocycles. The molecule has 0 amide bonds. The van der Waals surface area contributed by atoms with Gasteiger partial charge in [0, 0.05) is 31.6 Å². The fraction of sp³-hybridized carbons (Fsp3) is 0.778. The van der Waals surface area contributed by atoms with Crippen molar-refractivity contribution in [2.45, 2.75) is 51.4 Å². The average Bonchev–Trinajstić information content (AvgIpc) is 2.84. The Kier molecular flexibility index (Phi) is 6.22. The predicted octanol–water partition coefficient (Wildman–Crippen LogP) is 2.54. The summed E-state index contributed by atoms with van der Waals surface area (Å²) in [5.41, 5.74) is 1.20. The van der Waals surface area contributed by atoms with Gasteiger partial charge in [-0.05, 0) is 52.2 Å². The Morgan fingerprint density at radius 1 is 1.17 bits per heavy atom. The van der Waals surface area contributed by atoms with Crippen molar-refractivity contribution in [2.24, 2.45) is 0 Å². The monoisotopic (exact) mass is 317 g/mol. The van der Waals surface area contributed by atoms with Crippen LogP contribution in [0.5, 0.6) is 0 Å². The van der Waals surface area contributed by atoms with Crippen LogP contribution < -0.4 is 10.6 Å². The number of anilines is 1. The first-order chi connectivity index (χ1) is 11.3. The number of rotatable bonds is 5. The molecule has 0 bridgehead atoms. The highest BCUT2D eigenvalue weighted by Gasteiger charge is 2.17. The molecule has 0 saturated carbocycles. The first kappa shape index (κ1) is 16.7. The van der Waals surface area contributed by atoms with E-state index in [2.05, 4.69) is 31.6 Å². The number of hydrogen-bond donors (Lipinski definition) is 2. The molecule has 0 radical (unpaired) electrons. The van der Waals surface area contributed by atoms with Gasteiger partial charge in [-0.1, -0.05) is 12.8 Å². The Hall–Kier alpha value is -1.20. The van der Waals surface area contributed by atoms with Crippen LogP contribution in [-0.2, 0) is 0 Å². The van der Waals surface area contributed by atoms with Gasteiger partial charge in [-0.25, -0.2) is 9.97 Å². The number of aryl methyl sites for hydroxylation is 1. The van der Waals surface area contributed by atoms with E-state index in [1.807, 2.05) is 6.92 Å². The molecule has 23 heavy (non-hydrogen) atoms. The van der Waals surface area contributed by atoms with Crippen LogP contribution in [-0.4, -0.2) is 54.1 Å². The first-order valence-corrected chi connectivity index (χ1v) is 9.34. The van der Waals surface area contributed by atoms with Crippen LogP contribution in [0.3, 0.4) is 0 Å². The normalized spacial score (nSPS) is 23.4. The summed E-state index contributed by atoms with van der Waals surface area (Å²) in [5, 5.41) is 7.00. The Morgan fingerprint density at radius 3 is 2.74 bits per heavy atom. The van der Waals surface area contributed by atoms with E-state index in [1.165, 1.54) is 57.3 Å². The lowest BCUT2D eigenvalue weighted by Crippen LogP contribution is -2.30. The van der Waals surface area contributed by atoms with E-state index < -0.39 is 0 Å². The molecule has 1 atom stereocenters. The number of piperidine rings is 1. The van der Waals surface area contributed by atoms with E-state index in [-0.39, 0.29) is 0 Å². The smallest absolute Gasteiger partial charge is 0.129 e. The van der Waals surface area contributed by atoms with Crippen LogP contribution in [0.4, 0.5) is 5.82 Å². The third-order valence-electron chi connectivity index (χ3n) is 5.01. The lowest BCUT2D eigenvalue weighted by molar-refractivity contribution is 0.296. The number of aromatic nitrogens is 2. The highest BCUT2D eigenvalue weighted by molar-refractivity contribution is 5.37. The van der Waals surface area contributed by atoms with Gasteiger partial charge in [0.2, 0.25) is 0 Å². The van der Waals surface area contributed by atoms with Crippen molar-refractivity contribution in [1.82, 2.24) is 20.2 Å². The number of nitrogens with zero attached hydrogens (tertiary/aromatic N) is 3. The minimum atomic E-state index is 0.539. The topological polar surface area (TPSA) is 53.1 Å². The van der Waals surface area contributed by atoms with E-state index in [4.69, 9.17) is 0 Å². The van der Waals surface area contributed by atoms with Gasteiger partial charge in [-0.3, -0.25) is 0 Å². The van der Waals surface area contributed by atoms with Crippen molar-refractivity contribution in [3.63, 3.8) is 0 Å². The van der Waals surface area contributed by atoms with Crippen LogP contribution in [0.15, 0.2) is 6.07 Å². The largest absolute Gasteiger partial charge is 0.369 e. The van der Waals surface area contributed by atoms with Crippen LogP contribution in [0, 0.1) is 6.92 Å². The minimum absolute atomic E-state index is 0.539. The van der Waals surface area contributed by atoms with Gasteiger partial charge in [-0.15, -0.1) is 0 Å². The SMILES string of the molecule is Cc1nc(NCCN2CCCCCC2)cc([C@@H]2CCCNC2)n1. The molecule has 128 valence electrons. The van der Waals surface area contributed by atoms with Crippen molar-refractivity contribution < 1.29 is 0 Å². The quantitative estimate of drug-likeness (QED) is 0.874. The standard InChI is InChI=1S/C18H31N5/c1-15-21-17(16-7-6-8-19-14-16)13-18(22-15)20-9-12-23-10-4-2-3-5-11-23/h13,16,19H,2-12,14H2,1H3,(H,20,21,22)/t16-/m1/s1. The summed E-state index contributed by atoms with van der Waals surface area (Å²) < 4.78 is 0. The summed E-state index contributed by atoms with van der Waals surface area (Å²) in [6, 6.07) is 2.16. The number of likely N-dealkylation sites (tertiary alicyclic amines) is 1. The molecule has 2 aliphatic rings. The molecule has 3 rings (SSSR count). The maximum absolute atomic E-state index is 4.67. The summed E-state index contributed by atoms with van der Waals surface area (Å²) in [6.07, 6.45) is 7.97. The summed E-state index contributed by atoms with van der Waals surface area (Å²) in [7, 11) is 0. The van der Waals surface area contributed by atoms with Crippen LogP contribution >= 0.6 is 0 Å². The second-order valence-electron chi connectivity index (χ2n) is 6.95. The second kappa shape index (κ2) is 8.60. The molecule has 2 saturated heterocycles. The van der Waals surface area contributed by atoms with Crippen LogP contribution in [0.1, 0.15) is 56.0 Å². The zero-order chi connectivity index (χ0) is 15.9. The fourth-order valence-electron chi connectivity index (χ4n) is 3.70. The molecule has 1 aromatic rings. The lowest BCUT2D eigenvalue weighted by atomic mass is 9.96. The van der Waals surface area contributed by atoms with Gasteiger partial charge in [0.1, 0.15) is 11.6 Å². The first-order valence-electron chi connectivity index (χ1n) is 9.34. The average molecular weight is 317 g/mol. The van der Waals surface area contributed by atoms with Gasteiger partial charge in [0.15, 0.2) is 0 Å². The van der Waals surface area contributed by atoms with E-state index in [0.29, 0.717) is 5.92 Å². The molecule has 1 aromatic heterocycles. The molecule has 2 fully saturated rings. The van der Waals surface area contributed by atoms with E-state index >= 15 is 0 Å². The molecule has 3 heterocycles. The summed E-state index contributed by atoms with van der Waals surface area (Å²) in [5.74, 6) is 2.41. The Morgan fingerprint density at radius 2 is 2.00 bits per heavy atom. The van der Waals surface area contributed by atoms with Crippen LogP contribution in [0.25, 0.3) is 0 Å². The van der Waals surface area contributed by atoms with Gasteiger partial charge in [0.25, 0.3) is 0 Å². The van der Waals surface area contributed by atoms with Gasteiger partial charge in [-0.2, -0.15) is 0 Å². The highest BCUT2D eigenvalue weighted by Crippen LogP contribution is 2.23. The van der Waals surface area contributed by atoms with Crippen molar-refractivity contribution in [1.29, 1.82) is 0 Å². The molecule has 0 aliphatic carbocycles. The minimum Gasteiger partial charge on any atom is -0.369 e. The molecule has 2 N–H and O–H groups in total. The molecule has 5 heteroatoms. The molecule has 0 spiro atoms. The van der Waals surface area contributed by atoms with Crippen molar-refractivity contribution in [3.05, 3.63) is 17.6 Å². The highest BCUT2D eigenvalue weighted by atomic mass is 15.1. The van der Waals surface area contributed by atoms with E-state index in [9.17, 15) is 0 Å². The maximum atomic E-state index is 4.67. The number of nitrogens with one attached hydrogen (secondary N) is 2. The summed E-state index contributed by atoms with van der Waals surface area (Å²) in [6.45, 7) is 8.78. The van der Waals surface area contributed by atoms with Crippen molar-refractivity contribution >= 4 is 5.82 Å². The Bertz CT molecular complexity index is 476. The van der Waals surface area contributed by atoms with Crippen LogP contribution in [0.2, 0.25) is 0 Å². The van der Waals surface area contributed by atoms with E-state index in [1.54, 1.807) is 0 Å². The molecule has 0 aromatic carbocycles. The van der Waals surface area contributed by atoms with Crippen molar-refractivity contribution in [2.75, 3.05) is 44.6 Å². The Balaban J connectivity index is 1.53. The zero-order valence-electron chi connectivity index (χ0n) is 14.5. The summed E-state index contributed by atoms with van der Waals surface area (Å²) >= 11 is 0. The van der Waals surface area contributed by atoms with Gasteiger partial charge in [0.05, 0.1) is 5.69 Å². The Labute approximate surface area is 140 Å². The predicted molar refractivity (Wildman–Crippen MR) is 95.0 cm³/mol. The third kappa shape index (κ3) is 5.15. The number of hydrogen-bond acceptors (Lipinski definition) is 5. The fourth-order valence-corrected chi connectivity index (χ4v) is 3.70. The third-order valence-corrected chi connectivity index (χ3v) is 5.01. The molecule has 0 unspecified atom stereocenters. The van der Waals surface area contributed by atoms with Gasteiger partial charge >= 0.3 is 0 Å². The molecular formula is C18H31N5. The van der Waals surface area contributed by atoms with Gasteiger partial charge < -0.3 is 15.5 Å². The summed E-state index contributed by atoms with van der Waals surface area (Å²) in [4.78, 5) is 11.8. The molecule has 5 nitrogen and oxygen atoms in total. The zero-order valence-corrected chi connectivity index (χ0v) is 14.5. The lowest BCUT2D eigenvalue weighted by Gasteiger charge is -2.23. The molecular weight excluding hydrogens is 286 g/mol. The second-order valence-corrected chi connectivity index (χ2v) is 6.95. The van der Waals surface area contributed by atoms with Crippen molar-refractivity contribution in [3.8, 4) is 0 Å². The maximum Gasteiger partial charge on any atom is 0.129 e.